The minimum absolute atomic E-state index is 0.0903. The summed E-state index contributed by atoms with van der Waals surface area (Å²) < 4.78 is 10.1. The third kappa shape index (κ3) is 6.28. The number of amides is 2. The number of carbonyl (C=O) groups is 3. The van der Waals surface area contributed by atoms with Crippen LogP contribution >= 0.6 is 12.2 Å². The molecule has 2 amide bonds. The Hall–Kier alpha value is -3.46. The second kappa shape index (κ2) is 10.2. The first-order valence-electron chi connectivity index (χ1n) is 8.59. The largest absolute Gasteiger partial charge is 0.483 e. The Morgan fingerprint density at radius 1 is 0.931 bits per heavy atom. The van der Waals surface area contributed by atoms with Crippen molar-refractivity contribution in [1.29, 1.82) is 0 Å². The molecule has 3 N–H and O–H groups in total. The number of hydrogen-bond donors (Lipinski definition) is 3. The van der Waals surface area contributed by atoms with Crippen LogP contribution in [0.2, 0.25) is 0 Å². The SMILES string of the molecule is COC(=O)c1ccc(C(=O)NC(=S)NNC(=O)COc2c(C)cccc2C)cc1. The smallest absolute Gasteiger partial charge is 0.337 e. The fourth-order valence-corrected chi connectivity index (χ4v) is 2.55. The maximum Gasteiger partial charge on any atom is 0.337 e. The second-order valence-corrected chi connectivity index (χ2v) is 6.44. The number of esters is 1. The molecular formula is C20H21N3O5S. The number of hydrogen-bond acceptors (Lipinski definition) is 6. The fourth-order valence-electron chi connectivity index (χ4n) is 2.41. The van der Waals surface area contributed by atoms with Crippen LogP contribution in [0.25, 0.3) is 0 Å². The Morgan fingerprint density at radius 2 is 1.52 bits per heavy atom. The van der Waals surface area contributed by atoms with Crippen molar-refractivity contribution >= 4 is 35.1 Å². The summed E-state index contributed by atoms with van der Waals surface area (Å²) in [5.41, 5.74) is 7.23. The van der Waals surface area contributed by atoms with Crippen LogP contribution in [-0.4, -0.2) is 36.6 Å². The number of benzene rings is 2. The molecule has 29 heavy (non-hydrogen) atoms. The molecule has 0 aliphatic carbocycles. The van der Waals surface area contributed by atoms with Gasteiger partial charge in [0.25, 0.3) is 11.8 Å². The zero-order valence-corrected chi connectivity index (χ0v) is 17.0. The van der Waals surface area contributed by atoms with E-state index in [-0.39, 0.29) is 17.3 Å². The van der Waals surface area contributed by atoms with Gasteiger partial charge in [0.15, 0.2) is 11.7 Å². The fraction of sp³-hybridized carbons (Fsp3) is 0.200. The van der Waals surface area contributed by atoms with E-state index in [1.807, 2.05) is 32.0 Å². The molecule has 0 saturated heterocycles. The van der Waals surface area contributed by atoms with Gasteiger partial charge < -0.3 is 9.47 Å². The van der Waals surface area contributed by atoms with Gasteiger partial charge in [-0.05, 0) is 61.5 Å². The summed E-state index contributed by atoms with van der Waals surface area (Å²) in [6.45, 7) is 3.56. The van der Waals surface area contributed by atoms with Crippen molar-refractivity contribution in [3.05, 3.63) is 64.7 Å². The van der Waals surface area contributed by atoms with E-state index in [1.165, 1.54) is 31.4 Å². The Morgan fingerprint density at radius 3 is 2.10 bits per heavy atom. The molecule has 0 aliphatic rings. The molecule has 152 valence electrons. The van der Waals surface area contributed by atoms with Crippen molar-refractivity contribution < 1.29 is 23.9 Å². The lowest BCUT2D eigenvalue weighted by Crippen LogP contribution is -2.49. The molecule has 0 heterocycles. The van der Waals surface area contributed by atoms with Crippen LogP contribution in [-0.2, 0) is 9.53 Å². The second-order valence-electron chi connectivity index (χ2n) is 6.03. The van der Waals surface area contributed by atoms with Crippen molar-refractivity contribution in [1.82, 2.24) is 16.2 Å². The minimum Gasteiger partial charge on any atom is -0.483 e. The number of thiocarbonyl (C=S) groups is 1. The summed E-state index contributed by atoms with van der Waals surface area (Å²) >= 11 is 4.98. The lowest BCUT2D eigenvalue weighted by molar-refractivity contribution is -0.123. The van der Waals surface area contributed by atoms with E-state index in [4.69, 9.17) is 17.0 Å². The first-order chi connectivity index (χ1) is 13.8. The quantitative estimate of drug-likeness (QED) is 0.388. The molecule has 9 heteroatoms. The van der Waals surface area contributed by atoms with Crippen molar-refractivity contribution in [3.8, 4) is 5.75 Å². The summed E-state index contributed by atoms with van der Waals surface area (Å²) in [6.07, 6.45) is 0. The number of aryl methyl sites for hydroxylation is 2. The molecule has 0 radical (unpaired) electrons. The molecule has 0 unspecified atom stereocenters. The molecule has 2 aromatic rings. The standard InChI is InChI=1S/C20H21N3O5S/c1-12-5-4-6-13(2)17(12)28-11-16(24)22-23-20(29)21-18(25)14-7-9-15(10-8-14)19(26)27-3/h4-10H,11H2,1-3H3,(H,22,24)(H2,21,23,25,29). The van der Waals surface area contributed by atoms with E-state index in [0.29, 0.717) is 11.3 Å². The van der Waals surface area contributed by atoms with Crippen LogP contribution in [0.5, 0.6) is 5.75 Å². The van der Waals surface area contributed by atoms with Gasteiger partial charge in [-0.2, -0.15) is 0 Å². The predicted molar refractivity (Wildman–Crippen MR) is 111 cm³/mol. The molecule has 0 aliphatic heterocycles. The maximum atomic E-state index is 12.1. The first kappa shape index (κ1) is 21.8. The van der Waals surface area contributed by atoms with Crippen molar-refractivity contribution in [2.45, 2.75) is 13.8 Å². The third-order valence-electron chi connectivity index (χ3n) is 3.87. The van der Waals surface area contributed by atoms with Crippen molar-refractivity contribution in [2.24, 2.45) is 0 Å². The van der Waals surface area contributed by atoms with Crippen LogP contribution < -0.4 is 20.9 Å². The van der Waals surface area contributed by atoms with Gasteiger partial charge in [-0.25, -0.2) is 4.79 Å². The van der Waals surface area contributed by atoms with E-state index in [2.05, 4.69) is 20.9 Å². The van der Waals surface area contributed by atoms with Gasteiger partial charge in [0.2, 0.25) is 0 Å². The average Bonchev–Trinajstić information content (AvgIpc) is 2.71. The summed E-state index contributed by atoms with van der Waals surface area (Å²) in [6, 6.07) is 11.5. The Bertz CT molecular complexity index is 908. The molecule has 0 aromatic heterocycles. The lowest BCUT2D eigenvalue weighted by atomic mass is 10.1. The highest BCUT2D eigenvalue weighted by Crippen LogP contribution is 2.21. The van der Waals surface area contributed by atoms with Gasteiger partial charge in [0.1, 0.15) is 5.75 Å². The van der Waals surface area contributed by atoms with E-state index in [9.17, 15) is 14.4 Å². The number of carbonyl (C=O) groups excluding carboxylic acids is 3. The zero-order valence-electron chi connectivity index (χ0n) is 16.2. The van der Waals surface area contributed by atoms with E-state index in [0.717, 1.165) is 11.1 Å². The monoisotopic (exact) mass is 415 g/mol. The number of rotatable bonds is 5. The predicted octanol–water partition coefficient (Wildman–Crippen LogP) is 1.80. The van der Waals surface area contributed by atoms with E-state index < -0.39 is 17.8 Å². The first-order valence-corrected chi connectivity index (χ1v) is 9.00. The topological polar surface area (TPSA) is 106 Å². The van der Waals surface area contributed by atoms with Crippen LogP contribution in [0.4, 0.5) is 0 Å². The van der Waals surface area contributed by atoms with Gasteiger partial charge >= 0.3 is 5.97 Å². The molecule has 8 nitrogen and oxygen atoms in total. The van der Waals surface area contributed by atoms with Crippen LogP contribution in [0.1, 0.15) is 31.8 Å². The minimum atomic E-state index is -0.500. The maximum absolute atomic E-state index is 12.1. The van der Waals surface area contributed by atoms with Gasteiger partial charge in [0, 0.05) is 5.56 Å². The van der Waals surface area contributed by atoms with Gasteiger partial charge in [-0.15, -0.1) is 0 Å². The number of nitrogens with one attached hydrogen (secondary N) is 3. The zero-order chi connectivity index (χ0) is 21.4. The summed E-state index contributed by atoms with van der Waals surface area (Å²) in [5, 5.41) is 2.33. The Balaban J connectivity index is 1.79. The van der Waals surface area contributed by atoms with E-state index in [1.54, 1.807) is 0 Å². The van der Waals surface area contributed by atoms with Crippen LogP contribution in [0.15, 0.2) is 42.5 Å². The highest BCUT2D eigenvalue weighted by Gasteiger charge is 2.11. The number of para-hydroxylation sites is 1. The number of methoxy groups -OCH3 is 1. The molecule has 2 rings (SSSR count). The van der Waals surface area contributed by atoms with Crippen molar-refractivity contribution in [3.63, 3.8) is 0 Å². The van der Waals surface area contributed by atoms with Gasteiger partial charge in [-0.1, -0.05) is 18.2 Å². The summed E-state index contributed by atoms with van der Waals surface area (Å²) in [5.74, 6) is -0.819. The van der Waals surface area contributed by atoms with Crippen molar-refractivity contribution in [2.75, 3.05) is 13.7 Å². The van der Waals surface area contributed by atoms with Crippen LogP contribution in [0.3, 0.4) is 0 Å². The third-order valence-corrected chi connectivity index (χ3v) is 4.07. The number of hydrazine groups is 1. The highest BCUT2D eigenvalue weighted by atomic mass is 32.1. The molecule has 0 bridgehead atoms. The summed E-state index contributed by atoms with van der Waals surface area (Å²) in [7, 11) is 1.27. The molecule has 0 atom stereocenters. The molecule has 0 fully saturated rings. The van der Waals surface area contributed by atoms with Gasteiger partial charge in [-0.3, -0.25) is 25.8 Å². The highest BCUT2D eigenvalue weighted by molar-refractivity contribution is 7.80. The average molecular weight is 415 g/mol. The van der Waals surface area contributed by atoms with Crippen LogP contribution in [0, 0.1) is 13.8 Å². The molecule has 0 saturated carbocycles. The lowest BCUT2D eigenvalue weighted by Gasteiger charge is -2.13. The Labute approximate surface area is 173 Å². The molecular weight excluding hydrogens is 394 g/mol. The van der Waals surface area contributed by atoms with Gasteiger partial charge in [0.05, 0.1) is 12.7 Å². The van der Waals surface area contributed by atoms with E-state index >= 15 is 0 Å². The molecule has 0 spiro atoms. The molecule has 2 aromatic carbocycles. The summed E-state index contributed by atoms with van der Waals surface area (Å²) in [4.78, 5) is 35.5. The number of ether oxygens (including phenoxy) is 2. The Kier molecular flexibility index (Phi) is 7.67. The normalized spacial score (nSPS) is 9.90.